The molecule has 178 valence electrons. The molecule has 0 radical (unpaired) electrons. The average molecular weight is 495 g/mol. The van der Waals surface area contributed by atoms with Gasteiger partial charge in [0.25, 0.3) is 11.8 Å². The number of methoxy groups -OCH3 is 2. The summed E-state index contributed by atoms with van der Waals surface area (Å²) in [6.07, 6.45) is 1.65. The van der Waals surface area contributed by atoms with Crippen LogP contribution in [0.1, 0.15) is 16.7 Å². The van der Waals surface area contributed by atoms with Crippen LogP contribution in [0.5, 0.6) is 11.5 Å². The molecule has 1 heterocycles. The van der Waals surface area contributed by atoms with Crippen molar-refractivity contribution in [1.29, 1.82) is 0 Å². The van der Waals surface area contributed by atoms with E-state index >= 15 is 0 Å². The van der Waals surface area contributed by atoms with Crippen molar-refractivity contribution < 1.29 is 28.2 Å². The topological polar surface area (TPSA) is 84.9 Å². The molecule has 3 aromatic rings. The van der Waals surface area contributed by atoms with Crippen LogP contribution in [0.25, 0.3) is 6.08 Å². The lowest BCUT2D eigenvalue weighted by atomic mass is 10.00. The standard InChI is InChI=1S/C26H20ClFN2O5/c1-34-19-8-6-18(7-9-19)30-25(32)21(24(31)29-26(30)33)12-16-13-22(27)20(23(14-16)35-2)11-15-4-3-5-17(28)10-15/h3-10,12-14H,11H2,1-2H3,(H,29,31,33)/b21-12+. The number of ether oxygens (including phenoxy) is 2. The predicted octanol–water partition coefficient (Wildman–Crippen LogP) is 4.75. The van der Waals surface area contributed by atoms with Gasteiger partial charge in [-0.05, 0) is 65.7 Å². The van der Waals surface area contributed by atoms with Crippen molar-refractivity contribution in [1.82, 2.24) is 5.32 Å². The Bertz CT molecular complexity index is 1350. The summed E-state index contributed by atoms with van der Waals surface area (Å²) in [4.78, 5) is 38.9. The summed E-state index contributed by atoms with van der Waals surface area (Å²) in [5.74, 6) is -1.03. The van der Waals surface area contributed by atoms with Crippen molar-refractivity contribution in [2.75, 3.05) is 19.1 Å². The van der Waals surface area contributed by atoms with Gasteiger partial charge in [-0.25, -0.2) is 14.1 Å². The lowest BCUT2D eigenvalue weighted by Gasteiger charge is -2.26. The number of nitrogens with one attached hydrogen (secondary N) is 1. The molecule has 4 rings (SSSR count). The van der Waals surface area contributed by atoms with Crippen LogP contribution < -0.4 is 19.7 Å². The molecular formula is C26H20ClFN2O5. The molecule has 1 saturated heterocycles. The van der Waals surface area contributed by atoms with Crippen molar-refractivity contribution in [3.8, 4) is 11.5 Å². The largest absolute Gasteiger partial charge is 0.497 e. The van der Waals surface area contributed by atoms with E-state index < -0.39 is 17.8 Å². The summed E-state index contributed by atoms with van der Waals surface area (Å²) < 4.78 is 24.2. The third kappa shape index (κ3) is 5.02. The van der Waals surface area contributed by atoms with Gasteiger partial charge in [0, 0.05) is 17.0 Å². The Kier molecular flexibility index (Phi) is 6.84. The molecule has 9 heteroatoms. The highest BCUT2D eigenvalue weighted by molar-refractivity contribution is 6.39. The minimum Gasteiger partial charge on any atom is -0.497 e. The van der Waals surface area contributed by atoms with Gasteiger partial charge >= 0.3 is 6.03 Å². The van der Waals surface area contributed by atoms with Crippen LogP contribution in [-0.4, -0.2) is 32.1 Å². The molecule has 0 bridgehead atoms. The number of carbonyl (C=O) groups excluding carboxylic acids is 3. The number of anilines is 1. The molecular weight excluding hydrogens is 475 g/mol. The summed E-state index contributed by atoms with van der Waals surface area (Å²) in [6, 6.07) is 14.7. The first-order valence-corrected chi connectivity index (χ1v) is 10.8. The van der Waals surface area contributed by atoms with E-state index in [4.69, 9.17) is 21.1 Å². The number of rotatable bonds is 6. The Balaban J connectivity index is 1.68. The number of benzene rings is 3. The number of hydrogen-bond donors (Lipinski definition) is 1. The Labute approximate surface area is 205 Å². The third-order valence-electron chi connectivity index (χ3n) is 5.41. The van der Waals surface area contributed by atoms with Gasteiger partial charge < -0.3 is 9.47 Å². The zero-order chi connectivity index (χ0) is 25.1. The molecule has 3 aromatic carbocycles. The van der Waals surface area contributed by atoms with E-state index in [1.54, 1.807) is 36.4 Å². The summed E-state index contributed by atoms with van der Waals surface area (Å²) >= 11 is 6.50. The first-order valence-electron chi connectivity index (χ1n) is 10.5. The molecule has 4 amide bonds. The van der Waals surface area contributed by atoms with E-state index in [9.17, 15) is 18.8 Å². The maximum absolute atomic E-state index is 13.6. The van der Waals surface area contributed by atoms with Crippen molar-refractivity contribution in [3.05, 3.63) is 93.8 Å². The molecule has 0 unspecified atom stereocenters. The van der Waals surface area contributed by atoms with Crippen molar-refractivity contribution in [3.63, 3.8) is 0 Å². The van der Waals surface area contributed by atoms with E-state index in [0.29, 0.717) is 39.6 Å². The fraction of sp³-hybridized carbons (Fsp3) is 0.115. The van der Waals surface area contributed by atoms with Gasteiger partial charge in [0.2, 0.25) is 0 Å². The van der Waals surface area contributed by atoms with Crippen LogP contribution in [0.4, 0.5) is 14.9 Å². The maximum atomic E-state index is 13.6. The normalized spacial score (nSPS) is 14.8. The fourth-order valence-electron chi connectivity index (χ4n) is 3.71. The quantitative estimate of drug-likeness (QED) is 0.395. The Hall–Kier alpha value is -4.17. The van der Waals surface area contributed by atoms with Gasteiger partial charge in [-0.15, -0.1) is 0 Å². The average Bonchev–Trinajstić information content (AvgIpc) is 2.83. The van der Waals surface area contributed by atoms with E-state index in [1.807, 2.05) is 0 Å². The molecule has 7 nitrogen and oxygen atoms in total. The second-order valence-corrected chi connectivity index (χ2v) is 8.05. The second kappa shape index (κ2) is 9.99. The molecule has 0 saturated carbocycles. The monoisotopic (exact) mass is 494 g/mol. The second-order valence-electron chi connectivity index (χ2n) is 7.65. The lowest BCUT2D eigenvalue weighted by Crippen LogP contribution is -2.54. The molecule has 1 aliphatic rings. The number of hydrogen-bond acceptors (Lipinski definition) is 5. The van der Waals surface area contributed by atoms with E-state index in [0.717, 1.165) is 4.90 Å². The number of imide groups is 2. The fourth-order valence-corrected chi connectivity index (χ4v) is 4.00. The van der Waals surface area contributed by atoms with E-state index in [2.05, 4.69) is 5.32 Å². The Morgan fingerprint density at radius 1 is 1.00 bits per heavy atom. The predicted molar refractivity (Wildman–Crippen MR) is 129 cm³/mol. The first kappa shape index (κ1) is 24.0. The zero-order valence-corrected chi connectivity index (χ0v) is 19.6. The summed E-state index contributed by atoms with van der Waals surface area (Å²) in [6.45, 7) is 0. The molecule has 35 heavy (non-hydrogen) atoms. The molecule has 0 aliphatic carbocycles. The van der Waals surface area contributed by atoms with Crippen LogP contribution in [0.2, 0.25) is 5.02 Å². The summed E-state index contributed by atoms with van der Waals surface area (Å²) in [5.41, 5.74) is 1.75. The van der Waals surface area contributed by atoms with E-state index in [1.165, 1.54) is 44.6 Å². The van der Waals surface area contributed by atoms with Gasteiger partial charge in [-0.1, -0.05) is 23.7 Å². The highest BCUT2D eigenvalue weighted by Gasteiger charge is 2.36. The first-order chi connectivity index (χ1) is 16.8. The van der Waals surface area contributed by atoms with Crippen LogP contribution in [0.3, 0.4) is 0 Å². The van der Waals surface area contributed by atoms with Crippen molar-refractivity contribution in [2.24, 2.45) is 0 Å². The number of halogens is 2. The minimum atomic E-state index is -0.858. The number of urea groups is 1. The smallest absolute Gasteiger partial charge is 0.335 e. The van der Waals surface area contributed by atoms with Crippen LogP contribution in [-0.2, 0) is 16.0 Å². The molecule has 0 aromatic heterocycles. The zero-order valence-electron chi connectivity index (χ0n) is 18.8. The Morgan fingerprint density at radius 2 is 1.74 bits per heavy atom. The minimum absolute atomic E-state index is 0.253. The number of nitrogens with zero attached hydrogens (tertiary/aromatic N) is 1. The molecule has 1 fully saturated rings. The van der Waals surface area contributed by atoms with E-state index in [-0.39, 0.29) is 17.1 Å². The summed E-state index contributed by atoms with van der Waals surface area (Å²) in [5, 5.41) is 2.49. The highest BCUT2D eigenvalue weighted by atomic mass is 35.5. The molecule has 0 atom stereocenters. The number of amides is 4. The number of carbonyl (C=O) groups is 3. The Morgan fingerprint density at radius 3 is 2.40 bits per heavy atom. The summed E-state index contributed by atoms with van der Waals surface area (Å²) in [7, 11) is 2.95. The molecule has 1 aliphatic heterocycles. The molecule has 0 spiro atoms. The molecule has 1 N–H and O–H groups in total. The van der Waals surface area contributed by atoms with Crippen LogP contribution >= 0.6 is 11.6 Å². The van der Waals surface area contributed by atoms with Crippen molar-refractivity contribution in [2.45, 2.75) is 6.42 Å². The SMILES string of the molecule is COc1ccc(N2C(=O)NC(=O)/C(=C\c3cc(Cl)c(Cc4cccc(F)c4)c(OC)c3)C2=O)cc1. The van der Waals surface area contributed by atoms with Gasteiger partial charge in [0.15, 0.2) is 0 Å². The maximum Gasteiger partial charge on any atom is 0.335 e. The van der Waals surface area contributed by atoms with Crippen LogP contribution in [0.15, 0.2) is 66.2 Å². The van der Waals surface area contributed by atoms with Gasteiger partial charge in [0.05, 0.1) is 19.9 Å². The van der Waals surface area contributed by atoms with Gasteiger partial charge in [-0.2, -0.15) is 0 Å². The van der Waals surface area contributed by atoms with Gasteiger partial charge in [-0.3, -0.25) is 14.9 Å². The lowest BCUT2D eigenvalue weighted by molar-refractivity contribution is -0.122. The van der Waals surface area contributed by atoms with Crippen molar-refractivity contribution >= 4 is 41.2 Å². The van der Waals surface area contributed by atoms with Gasteiger partial charge in [0.1, 0.15) is 22.9 Å². The number of barbiturate groups is 1. The third-order valence-corrected chi connectivity index (χ3v) is 5.75. The van der Waals surface area contributed by atoms with Crippen LogP contribution in [0, 0.1) is 5.82 Å². The highest BCUT2D eigenvalue weighted by Crippen LogP contribution is 2.32.